The lowest BCUT2D eigenvalue weighted by Crippen LogP contribution is -2.26. The second-order valence-electron chi connectivity index (χ2n) is 5.55. The van der Waals surface area contributed by atoms with E-state index in [1.165, 1.54) is 0 Å². The molecule has 3 rings (SSSR count). The predicted molar refractivity (Wildman–Crippen MR) is 64.0 cm³/mol. The van der Waals surface area contributed by atoms with E-state index in [9.17, 15) is 5.11 Å². The highest BCUT2D eigenvalue weighted by molar-refractivity contribution is 5.24. The first-order chi connectivity index (χ1) is 7.67. The fourth-order valence-electron chi connectivity index (χ4n) is 3.57. The highest BCUT2D eigenvalue weighted by atomic mass is 16.3. The van der Waals surface area contributed by atoms with E-state index in [1.54, 1.807) is 0 Å². The quantitative estimate of drug-likeness (QED) is 0.776. The van der Waals surface area contributed by atoms with Gasteiger partial charge < -0.3 is 10.0 Å². The molecule has 1 aromatic rings. The lowest BCUT2D eigenvalue weighted by molar-refractivity contribution is 0.0324. The summed E-state index contributed by atoms with van der Waals surface area (Å²) in [5.74, 6) is 1.38. The molecule has 16 heavy (non-hydrogen) atoms. The highest BCUT2D eigenvalue weighted by Gasteiger charge is 2.48. The molecule has 0 amide bonds. The third-order valence-electron chi connectivity index (χ3n) is 4.27. The van der Waals surface area contributed by atoms with Crippen LogP contribution in [0.5, 0.6) is 0 Å². The Hall–Kier alpha value is -0.860. The lowest BCUT2D eigenvalue weighted by Gasteiger charge is -2.25. The molecule has 1 aliphatic heterocycles. The van der Waals surface area contributed by atoms with E-state index >= 15 is 0 Å². The van der Waals surface area contributed by atoms with Gasteiger partial charge in [-0.15, -0.1) is 0 Å². The molecule has 1 saturated heterocycles. The Kier molecular flexibility index (Phi) is 2.30. The molecule has 1 saturated carbocycles. The molecule has 0 aromatic heterocycles. The van der Waals surface area contributed by atoms with Crippen LogP contribution in [-0.2, 0) is 5.60 Å². The number of benzene rings is 1. The predicted octanol–water partition coefficient (Wildman–Crippen LogP) is 1.85. The third-order valence-corrected chi connectivity index (χ3v) is 4.27. The number of rotatable bonds is 1. The summed E-state index contributed by atoms with van der Waals surface area (Å²) in [4.78, 5) is 2.39. The minimum absolute atomic E-state index is 0.558. The van der Waals surface area contributed by atoms with Gasteiger partial charge in [-0.05, 0) is 37.3 Å². The standard InChI is InChI=1S/C14H19NO/c1-15-9-11-7-14(16,8-12(11)10-15)13-5-3-2-4-6-13/h2-6,11-12,16H,7-10H2,1H3/t11-,12+,14+. The molecule has 0 unspecified atom stereocenters. The van der Waals surface area contributed by atoms with Crippen molar-refractivity contribution in [2.24, 2.45) is 11.8 Å². The fraction of sp³-hybridized carbons (Fsp3) is 0.571. The van der Waals surface area contributed by atoms with Crippen LogP contribution in [0.25, 0.3) is 0 Å². The van der Waals surface area contributed by atoms with E-state index in [4.69, 9.17) is 0 Å². The Morgan fingerprint density at radius 3 is 2.25 bits per heavy atom. The summed E-state index contributed by atoms with van der Waals surface area (Å²) in [6, 6.07) is 10.2. The first kappa shape index (κ1) is 10.3. The normalized spacial score (nSPS) is 38.9. The molecule has 2 heteroatoms. The zero-order valence-electron chi connectivity index (χ0n) is 9.76. The number of aliphatic hydroxyl groups is 1. The minimum atomic E-state index is -0.558. The van der Waals surface area contributed by atoms with Gasteiger partial charge in [0.05, 0.1) is 5.60 Å². The average Bonchev–Trinajstić information content (AvgIpc) is 2.73. The molecule has 0 bridgehead atoms. The topological polar surface area (TPSA) is 23.5 Å². The van der Waals surface area contributed by atoms with Crippen LogP contribution in [0.1, 0.15) is 18.4 Å². The third kappa shape index (κ3) is 1.57. The molecule has 1 aromatic carbocycles. The summed E-state index contributed by atoms with van der Waals surface area (Å²) in [6.45, 7) is 2.31. The molecular weight excluding hydrogens is 198 g/mol. The molecule has 0 spiro atoms. The van der Waals surface area contributed by atoms with Gasteiger partial charge in [0.15, 0.2) is 0 Å². The van der Waals surface area contributed by atoms with Crippen molar-refractivity contribution >= 4 is 0 Å². The average molecular weight is 217 g/mol. The molecular formula is C14H19NO. The van der Waals surface area contributed by atoms with Gasteiger partial charge in [0.25, 0.3) is 0 Å². The lowest BCUT2D eigenvalue weighted by atomic mass is 9.90. The van der Waals surface area contributed by atoms with E-state index in [2.05, 4.69) is 24.1 Å². The molecule has 86 valence electrons. The maximum atomic E-state index is 10.7. The molecule has 2 nitrogen and oxygen atoms in total. The van der Waals surface area contributed by atoms with Crippen molar-refractivity contribution < 1.29 is 5.11 Å². The highest BCUT2D eigenvalue weighted by Crippen LogP contribution is 2.48. The first-order valence-electron chi connectivity index (χ1n) is 6.14. The molecule has 2 aliphatic rings. The van der Waals surface area contributed by atoms with Crippen molar-refractivity contribution in [3.05, 3.63) is 35.9 Å². The Bertz CT molecular complexity index is 362. The SMILES string of the molecule is CN1C[C@@H]2C[C@](O)(c3ccccc3)C[C@@H]2C1. The van der Waals surface area contributed by atoms with Crippen molar-refractivity contribution in [3.63, 3.8) is 0 Å². The molecule has 1 heterocycles. The van der Waals surface area contributed by atoms with Crippen molar-refractivity contribution in [1.82, 2.24) is 4.90 Å². The molecule has 1 N–H and O–H groups in total. The van der Waals surface area contributed by atoms with E-state index in [0.29, 0.717) is 11.8 Å². The number of likely N-dealkylation sites (tertiary alicyclic amines) is 1. The molecule has 1 aliphatic carbocycles. The van der Waals surface area contributed by atoms with Crippen LogP contribution < -0.4 is 0 Å². The monoisotopic (exact) mass is 217 g/mol. The first-order valence-corrected chi connectivity index (χ1v) is 6.14. The maximum absolute atomic E-state index is 10.7. The summed E-state index contributed by atoms with van der Waals surface area (Å²) in [6.07, 6.45) is 1.87. The van der Waals surface area contributed by atoms with Gasteiger partial charge in [-0.3, -0.25) is 0 Å². The van der Waals surface area contributed by atoms with Crippen LogP contribution in [0.3, 0.4) is 0 Å². The zero-order chi connectivity index (χ0) is 11.2. The van der Waals surface area contributed by atoms with E-state index in [-0.39, 0.29) is 0 Å². The molecule has 2 fully saturated rings. The van der Waals surface area contributed by atoms with Crippen molar-refractivity contribution in [2.45, 2.75) is 18.4 Å². The van der Waals surface area contributed by atoms with Gasteiger partial charge in [0.2, 0.25) is 0 Å². The van der Waals surface area contributed by atoms with Crippen molar-refractivity contribution in [3.8, 4) is 0 Å². The maximum Gasteiger partial charge on any atom is 0.0903 e. The Morgan fingerprint density at radius 1 is 1.12 bits per heavy atom. The zero-order valence-corrected chi connectivity index (χ0v) is 9.76. The Morgan fingerprint density at radius 2 is 1.69 bits per heavy atom. The number of hydrogen-bond acceptors (Lipinski definition) is 2. The summed E-state index contributed by atoms with van der Waals surface area (Å²) >= 11 is 0. The van der Waals surface area contributed by atoms with Crippen LogP contribution in [0.15, 0.2) is 30.3 Å². The van der Waals surface area contributed by atoms with Crippen LogP contribution in [0.4, 0.5) is 0 Å². The molecule has 0 radical (unpaired) electrons. The van der Waals surface area contributed by atoms with E-state index in [1.807, 2.05) is 18.2 Å². The fourth-order valence-corrected chi connectivity index (χ4v) is 3.57. The number of nitrogens with zero attached hydrogens (tertiary/aromatic N) is 1. The van der Waals surface area contributed by atoms with Gasteiger partial charge in [-0.25, -0.2) is 0 Å². The van der Waals surface area contributed by atoms with Crippen LogP contribution in [0.2, 0.25) is 0 Å². The van der Waals surface area contributed by atoms with Gasteiger partial charge in [0, 0.05) is 13.1 Å². The second kappa shape index (κ2) is 3.57. The van der Waals surface area contributed by atoms with Crippen LogP contribution >= 0.6 is 0 Å². The summed E-state index contributed by atoms with van der Waals surface area (Å²) in [7, 11) is 2.18. The summed E-state index contributed by atoms with van der Waals surface area (Å²) < 4.78 is 0. The van der Waals surface area contributed by atoms with E-state index < -0.39 is 5.60 Å². The van der Waals surface area contributed by atoms with Gasteiger partial charge >= 0.3 is 0 Å². The largest absolute Gasteiger partial charge is 0.385 e. The second-order valence-corrected chi connectivity index (χ2v) is 5.55. The summed E-state index contributed by atoms with van der Waals surface area (Å²) in [5.41, 5.74) is 0.546. The van der Waals surface area contributed by atoms with Gasteiger partial charge in [-0.1, -0.05) is 30.3 Å². The van der Waals surface area contributed by atoms with Crippen molar-refractivity contribution in [2.75, 3.05) is 20.1 Å². The van der Waals surface area contributed by atoms with Crippen LogP contribution in [0, 0.1) is 11.8 Å². The summed E-state index contributed by atoms with van der Waals surface area (Å²) in [5, 5.41) is 10.7. The van der Waals surface area contributed by atoms with Gasteiger partial charge in [0.1, 0.15) is 0 Å². The van der Waals surface area contributed by atoms with Crippen LogP contribution in [-0.4, -0.2) is 30.1 Å². The number of fused-ring (bicyclic) bond motifs is 1. The molecule has 3 atom stereocenters. The van der Waals surface area contributed by atoms with Gasteiger partial charge in [-0.2, -0.15) is 0 Å². The smallest absolute Gasteiger partial charge is 0.0903 e. The Balaban J connectivity index is 1.83. The Labute approximate surface area is 96.9 Å². The number of hydrogen-bond donors (Lipinski definition) is 1. The minimum Gasteiger partial charge on any atom is -0.385 e. The van der Waals surface area contributed by atoms with E-state index in [0.717, 1.165) is 31.5 Å². The van der Waals surface area contributed by atoms with Crippen molar-refractivity contribution in [1.29, 1.82) is 0 Å².